The van der Waals surface area contributed by atoms with Gasteiger partial charge in [-0.15, -0.1) is 0 Å². The Morgan fingerprint density at radius 3 is 2.75 bits per heavy atom. The molecule has 3 heterocycles. The molecule has 28 heavy (non-hydrogen) atoms. The molecule has 0 aliphatic carbocycles. The summed E-state index contributed by atoms with van der Waals surface area (Å²) in [4.78, 5) is 22.7. The summed E-state index contributed by atoms with van der Waals surface area (Å²) in [5.74, 6) is -0.0402. The van der Waals surface area contributed by atoms with Crippen LogP contribution in [0.1, 0.15) is 16.8 Å². The summed E-state index contributed by atoms with van der Waals surface area (Å²) in [5.41, 5.74) is 8.58. The van der Waals surface area contributed by atoms with E-state index < -0.39 is 5.91 Å². The highest BCUT2D eigenvalue weighted by Crippen LogP contribution is 2.31. The van der Waals surface area contributed by atoms with E-state index in [0.717, 1.165) is 29.9 Å². The monoisotopic (exact) mass is 394 g/mol. The quantitative estimate of drug-likeness (QED) is 0.715. The highest BCUT2D eigenvalue weighted by molar-refractivity contribution is 6.31. The number of hydrogen-bond donors (Lipinski definition) is 1. The number of ether oxygens (including phenoxy) is 1. The van der Waals surface area contributed by atoms with Gasteiger partial charge in [-0.2, -0.15) is 0 Å². The standard InChI is InChI=1S/C21H19ClN4O2/c22-17-4-3-10-25-21(17)28-15-8-11-26(13-15)19-7-6-14(12-16(19)20(23)27)18-5-1-2-9-24-18/h1-7,9-10,12,15H,8,11,13H2,(H2,23,27). The van der Waals surface area contributed by atoms with Crippen molar-refractivity contribution in [2.24, 2.45) is 5.73 Å². The summed E-state index contributed by atoms with van der Waals surface area (Å²) < 4.78 is 5.94. The Morgan fingerprint density at radius 2 is 2.00 bits per heavy atom. The van der Waals surface area contributed by atoms with E-state index in [-0.39, 0.29) is 6.10 Å². The number of hydrogen-bond acceptors (Lipinski definition) is 5. The Labute approximate surface area is 167 Å². The van der Waals surface area contributed by atoms with Crippen molar-refractivity contribution < 1.29 is 9.53 Å². The lowest BCUT2D eigenvalue weighted by Gasteiger charge is -2.22. The first-order valence-electron chi connectivity index (χ1n) is 8.99. The molecule has 0 radical (unpaired) electrons. The molecule has 1 unspecified atom stereocenters. The molecule has 7 heteroatoms. The number of halogens is 1. The van der Waals surface area contributed by atoms with Gasteiger partial charge in [-0.3, -0.25) is 9.78 Å². The summed E-state index contributed by atoms with van der Waals surface area (Å²) in [6.45, 7) is 1.37. The zero-order valence-electron chi connectivity index (χ0n) is 15.1. The summed E-state index contributed by atoms with van der Waals surface area (Å²) in [5, 5.41) is 0.485. The molecule has 1 fully saturated rings. The molecule has 2 N–H and O–H groups in total. The topological polar surface area (TPSA) is 81.3 Å². The van der Waals surface area contributed by atoms with Crippen LogP contribution in [0.5, 0.6) is 5.88 Å². The van der Waals surface area contributed by atoms with Crippen molar-refractivity contribution in [2.45, 2.75) is 12.5 Å². The van der Waals surface area contributed by atoms with Crippen molar-refractivity contribution in [3.05, 3.63) is 71.5 Å². The van der Waals surface area contributed by atoms with E-state index in [4.69, 9.17) is 22.1 Å². The normalized spacial score (nSPS) is 16.2. The first-order chi connectivity index (χ1) is 13.6. The highest BCUT2D eigenvalue weighted by Gasteiger charge is 2.27. The number of nitrogens with zero attached hydrogens (tertiary/aromatic N) is 3. The first kappa shape index (κ1) is 18.3. The average molecular weight is 395 g/mol. The largest absolute Gasteiger partial charge is 0.471 e. The third kappa shape index (κ3) is 3.77. The Kier molecular flexibility index (Phi) is 5.12. The summed E-state index contributed by atoms with van der Waals surface area (Å²) in [6.07, 6.45) is 4.10. The van der Waals surface area contributed by atoms with Gasteiger partial charge in [-0.25, -0.2) is 4.98 Å². The maximum absolute atomic E-state index is 12.1. The molecule has 1 atom stereocenters. The van der Waals surface area contributed by atoms with E-state index in [0.29, 0.717) is 23.0 Å². The fourth-order valence-electron chi connectivity index (χ4n) is 3.36. The van der Waals surface area contributed by atoms with Gasteiger partial charge in [0.2, 0.25) is 5.88 Å². The number of benzene rings is 1. The number of primary amides is 1. The van der Waals surface area contributed by atoms with Crippen LogP contribution in [-0.2, 0) is 0 Å². The second kappa shape index (κ2) is 7.86. The molecular formula is C21H19ClN4O2. The molecule has 1 aromatic carbocycles. The number of carbonyl (C=O) groups excluding carboxylic acids is 1. The van der Waals surface area contributed by atoms with Gasteiger partial charge in [-0.1, -0.05) is 23.7 Å². The summed E-state index contributed by atoms with van der Waals surface area (Å²) in [6, 6.07) is 14.8. The molecule has 1 aliphatic heterocycles. The van der Waals surface area contributed by atoms with E-state index in [1.165, 1.54) is 0 Å². The van der Waals surface area contributed by atoms with Gasteiger partial charge in [0.1, 0.15) is 11.1 Å². The molecule has 0 spiro atoms. The first-order valence-corrected chi connectivity index (χ1v) is 9.37. The van der Waals surface area contributed by atoms with E-state index in [1.54, 1.807) is 30.6 Å². The van der Waals surface area contributed by atoms with Gasteiger partial charge in [0, 0.05) is 36.6 Å². The Balaban J connectivity index is 1.56. The average Bonchev–Trinajstić information content (AvgIpc) is 3.18. The number of carbonyl (C=O) groups is 1. The third-order valence-corrected chi connectivity index (χ3v) is 5.00. The van der Waals surface area contributed by atoms with E-state index in [9.17, 15) is 4.79 Å². The van der Waals surface area contributed by atoms with Gasteiger partial charge >= 0.3 is 0 Å². The van der Waals surface area contributed by atoms with Crippen LogP contribution < -0.4 is 15.4 Å². The molecule has 1 aliphatic rings. The van der Waals surface area contributed by atoms with Crippen molar-refractivity contribution in [2.75, 3.05) is 18.0 Å². The molecule has 4 rings (SSSR count). The second-order valence-electron chi connectivity index (χ2n) is 6.58. The van der Waals surface area contributed by atoms with Crippen LogP contribution in [-0.4, -0.2) is 35.1 Å². The fourth-order valence-corrected chi connectivity index (χ4v) is 3.53. The molecule has 0 saturated carbocycles. The zero-order chi connectivity index (χ0) is 19.5. The smallest absolute Gasteiger partial charge is 0.250 e. The predicted molar refractivity (Wildman–Crippen MR) is 109 cm³/mol. The highest BCUT2D eigenvalue weighted by atomic mass is 35.5. The number of aromatic nitrogens is 2. The third-order valence-electron chi connectivity index (χ3n) is 4.71. The van der Waals surface area contributed by atoms with Crippen LogP contribution in [0.25, 0.3) is 11.3 Å². The number of amides is 1. The van der Waals surface area contributed by atoms with Gasteiger partial charge in [0.05, 0.1) is 17.8 Å². The number of pyridine rings is 2. The number of anilines is 1. The molecule has 142 valence electrons. The maximum atomic E-state index is 12.1. The molecule has 3 aromatic rings. The fraction of sp³-hybridized carbons (Fsp3) is 0.190. The molecule has 1 amide bonds. The minimum absolute atomic E-state index is 0.0661. The molecule has 2 aromatic heterocycles. The predicted octanol–water partition coefficient (Wildman–Crippen LogP) is 3.55. The second-order valence-corrected chi connectivity index (χ2v) is 6.98. The van der Waals surface area contributed by atoms with Gasteiger partial charge in [0.25, 0.3) is 5.91 Å². The van der Waals surface area contributed by atoms with Crippen molar-refractivity contribution in [3.63, 3.8) is 0 Å². The molecular weight excluding hydrogens is 376 g/mol. The lowest BCUT2D eigenvalue weighted by molar-refractivity contribution is 0.100. The minimum Gasteiger partial charge on any atom is -0.471 e. The summed E-state index contributed by atoms with van der Waals surface area (Å²) >= 11 is 6.13. The SMILES string of the molecule is NC(=O)c1cc(-c2ccccn2)ccc1N1CCC(Oc2ncccc2Cl)C1. The molecule has 0 bridgehead atoms. The van der Waals surface area contributed by atoms with Crippen LogP contribution in [0, 0.1) is 0 Å². The van der Waals surface area contributed by atoms with Gasteiger partial charge < -0.3 is 15.4 Å². The van der Waals surface area contributed by atoms with Crippen LogP contribution in [0.4, 0.5) is 5.69 Å². The zero-order valence-corrected chi connectivity index (χ0v) is 15.8. The van der Waals surface area contributed by atoms with Crippen LogP contribution in [0.2, 0.25) is 5.02 Å². The van der Waals surface area contributed by atoms with E-state index >= 15 is 0 Å². The Morgan fingerprint density at radius 1 is 1.14 bits per heavy atom. The minimum atomic E-state index is -0.468. The Hall–Kier alpha value is -3.12. The van der Waals surface area contributed by atoms with Gasteiger partial charge in [-0.05, 0) is 36.4 Å². The lowest BCUT2D eigenvalue weighted by atomic mass is 10.0. The number of nitrogens with two attached hydrogens (primary N) is 1. The maximum Gasteiger partial charge on any atom is 0.250 e. The van der Waals surface area contributed by atoms with Gasteiger partial charge in [0.15, 0.2) is 0 Å². The van der Waals surface area contributed by atoms with Crippen LogP contribution >= 0.6 is 11.6 Å². The summed E-state index contributed by atoms with van der Waals surface area (Å²) in [7, 11) is 0. The van der Waals surface area contributed by atoms with Crippen molar-refractivity contribution >= 4 is 23.2 Å². The lowest BCUT2D eigenvalue weighted by Crippen LogP contribution is -2.27. The van der Waals surface area contributed by atoms with Crippen molar-refractivity contribution in [1.29, 1.82) is 0 Å². The Bertz CT molecular complexity index is 997. The van der Waals surface area contributed by atoms with Crippen LogP contribution in [0.3, 0.4) is 0 Å². The number of rotatable bonds is 5. The van der Waals surface area contributed by atoms with Crippen LogP contribution in [0.15, 0.2) is 60.9 Å². The van der Waals surface area contributed by atoms with E-state index in [1.807, 2.05) is 30.3 Å². The van der Waals surface area contributed by atoms with Crippen molar-refractivity contribution in [1.82, 2.24) is 9.97 Å². The van der Waals surface area contributed by atoms with E-state index in [2.05, 4.69) is 14.9 Å². The van der Waals surface area contributed by atoms with Crippen molar-refractivity contribution in [3.8, 4) is 17.1 Å². The molecule has 6 nitrogen and oxygen atoms in total. The molecule has 1 saturated heterocycles.